The van der Waals surface area contributed by atoms with Gasteiger partial charge >= 0.3 is 0 Å². The fraction of sp³-hybridized carbons (Fsp3) is 0.190. The van der Waals surface area contributed by atoms with Gasteiger partial charge in [0.05, 0.1) is 12.8 Å². The van der Waals surface area contributed by atoms with Crippen LogP contribution in [0.5, 0.6) is 11.5 Å². The van der Waals surface area contributed by atoms with E-state index in [1.807, 2.05) is 61.5 Å². The van der Waals surface area contributed by atoms with Crippen LogP contribution in [0.2, 0.25) is 0 Å². The monoisotopic (exact) mass is 335 g/mol. The Morgan fingerprint density at radius 1 is 1.00 bits per heavy atom. The van der Waals surface area contributed by atoms with Crippen LogP contribution >= 0.6 is 0 Å². The van der Waals surface area contributed by atoms with Crippen LogP contribution in [0, 0.1) is 0 Å². The molecule has 0 aliphatic rings. The zero-order chi connectivity index (χ0) is 17.6. The number of rotatable bonds is 6. The molecule has 3 rings (SSSR count). The minimum absolute atomic E-state index is 0.194. The molecule has 0 spiro atoms. The third-order valence-corrected chi connectivity index (χ3v) is 4.03. The predicted octanol–water partition coefficient (Wildman–Crippen LogP) is 4.64. The lowest BCUT2D eigenvalue weighted by Gasteiger charge is -2.18. The summed E-state index contributed by atoms with van der Waals surface area (Å²) < 4.78 is 11.2. The maximum atomic E-state index is 12.6. The highest BCUT2D eigenvalue weighted by Crippen LogP contribution is 2.25. The molecule has 128 valence electrons. The molecule has 0 saturated carbocycles. The topological polar surface area (TPSA) is 47.6 Å². The molecule has 0 aromatic heterocycles. The quantitative estimate of drug-likeness (QED) is 0.713. The third-order valence-electron chi connectivity index (χ3n) is 4.03. The van der Waals surface area contributed by atoms with E-state index in [1.54, 1.807) is 19.2 Å². The summed E-state index contributed by atoms with van der Waals surface area (Å²) in [6, 6.07) is 21.2. The SMILES string of the molecule is CC[C@@H](Oc1ccc2ccccc2c1)C(=O)Nc1ccccc1OC. The number of para-hydroxylation sites is 2. The average molecular weight is 335 g/mol. The Kier molecular flexibility index (Phi) is 5.19. The molecule has 0 saturated heterocycles. The second-order valence-electron chi connectivity index (χ2n) is 5.71. The molecule has 1 amide bonds. The minimum Gasteiger partial charge on any atom is -0.495 e. The molecule has 0 unspecified atom stereocenters. The number of fused-ring (bicyclic) bond motifs is 1. The van der Waals surface area contributed by atoms with Crippen LogP contribution in [0.4, 0.5) is 5.69 Å². The summed E-state index contributed by atoms with van der Waals surface area (Å²) in [4.78, 5) is 12.6. The molecule has 0 radical (unpaired) electrons. The van der Waals surface area contributed by atoms with Crippen molar-refractivity contribution < 1.29 is 14.3 Å². The van der Waals surface area contributed by atoms with E-state index in [4.69, 9.17) is 9.47 Å². The number of ether oxygens (including phenoxy) is 2. The number of hydrogen-bond acceptors (Lipinski definition) is 3. The lowest BCUT2D eigenvalue weighted by atomic mass is 10.1. The van der Waals surface area contributed by atoms with Crippen molar-refractivity contribution in [2.24, 2.45) is 0 Å². The number of anilines is 1. The van der Waals surface area contributed by atoms with Crippen LogP contribution in [0.25, 0.3) is 10.8 Å². The van der Waals surface area contributed by atoms with Crippen molar-refractivity contribution in [3.63, 3.8) is 0 Å². The molecule has 1 N–H and O–H groups in total. The largest absolute Gasteiger partial charge is 0.495 e. The van der Waals surface area contributed by atoms with Gasteiger partial charge in [-0.25, -0.2) is 0 Å². The molecule has 0 fully saturated rings. The van der Waals surface area contributed by atoms with Gasteiger partial charge in [-0.1, -0.05) is 49.4 Å². The molecule has 0 bridgehead atoms. The number of nitrogens with one attached hydrogen (secondary N) is 1. The van der Waals surface area contributed by atoms with Crippen molar-refractivity contribution >= 4 is 22.4 Å². The molecular formula is C21H21NO3. The maximum Gasteiger partial charge on any atom is 0.265 e. The number of methoxy groups -OCH3 is 1. The van der Waals surface area contributed by atoms with Gasteiger partial charge < -0.3 is 14.8 Å². The van der Waals surface area contributed by atoms with Gasteiger partial charge in [-0.15, -0.1) is 0 Å². The van der Waals surface area contributed by atoms with Crippen LogP contribution in [-0.2, 0) is 4.79 Å². The molecule has 4 heteroatoms. The first-order valence-electron chi connectivity index (χ1n) is 8.30. The number of carbonyl (C=O) groups is 1. The molecule has 4 nitrogen and oxygen atoms in total. The van der Waals surface area contributed by atoms with Gasteiger partial charge in [-0.2, -0.15) is 0 Å². The zero-order valence-corrected chi connectivity index (χ0v) is 14.4. The standard InChI is InChI=1S/C21H21NO3/c1-3-19(21(23)22-18-10-6-7-11-20(18)24-2)25-17-13-12-15-8-4-5-9-16(15)14-17/h4-14,19H,3H2,1-2H3,(H,22,23)/t19-/m1/s1. The fourth-order valence-corrected chi connectivity index (χ4v) is 2.69. The van der Waals surface area contributed by atoms with Crippen molar-refractivity contribution in [2.75, 3.05) is 12.4 Å². The Balaban J connectivity index is 1.75. The first kappa shape index (κ1) is 16.8. The molecule has 25 heavy (non-hydrogen) atoms. The number of benzene rings is 3. The van der Waals surface area contributed by atoms with Crippen molar-refractivity contribution in [1.82, 2.24) is 0 Å². The first-order chi connectivity index (χ1) is 12.2. The molecule has 3 aromatic rings. The Morgan fingerprint density at radius 3 is 2.48 bits per heavy atom. The molecular weight excluding hydrogens is 314 g/mol. The molecule has 0 aliphatic carbocycles. The van der Waals surface area contributed by atoms with E-state index >= 15 is 0 Å². The highest BCUT2D eigenvalue weighted by molar-refractivity contribution is 5.95. The summed E-state index contributed by atoms with van der Waals surface area (Å²) in [6.45, 7) is 1.92. The summed E-state index contributed by atoms with van der Waals surface area (Å²) in [6.07, 6.45) is -0.0144. The van der Waals surface area contributed by atoms with E-state index in [2.05, 4.69) is 5.32 Å². The highest BCUT2D eigenvalue weighted by atomic mass is 16.5. The predicted molar refractivity (Wildman–Crippen MR) is 100 cm³/mol. The van der Waals surface area contributed by atoms with E-state index in [-0.39, 0.29) is 5.91 Å². The van der Waals surface area contributed by atoms with Crippen molar-refractivity contribution in [1.29, 1.82) is 0 Å². The lowest BCUT2D eigenvalue weighted by molar-refractivity contribution is -0.122. The summed E-state index contributed by atoms with van der Waals surface area (Å²) in [5, 5.41) is 5.10. The first-order valence-corrected chi connectivity index (χ1v) is 8.30. The Morgan fingerprint density at radius 2 is 1.72 bits per heavy atom. The van der Waals surface area contributed by atoms with Crippen LogP contribution in [0.1, 0.15) is 13.3 Å². The number of carbonyl (C=O) groups excluding carboxylic acids is 1. The Hall–Kier alpha value is -3.01. The summed E-state index contributed by atoms with van der Waals surface area (Å²) >= 11 is 0. The van der Waals surface area contributed by atoms with Crippen molar-refractivity contribution in [3.05, 3.63) is 66.7 Å². The van der Waals surface area contributed by atoms with E-state index in [0.29, 0.717) is 23.6 Å². The Labute approximate surface area is 147 Å². The summed E-state index contributed by atoms with van der Waals surface area (Å²) in [5.41, 5.74) is 0.635. The molecule has 3 aromatic carbocycles. The van der Waals surface area contributed by atoms with Gasteiger partial charge in [-0.05, 0) is 41.5 Å². The average Bonchev–Trinajstić information content (AvgIpc) is 2.66. The summed E-state index contributed by atoms with van der Waals surface area (Å²) in [5.74, 6) is 1.11. The van der Waals surface area contributed by atoms with Gasteiger partial charge in [-0.3, -0.25) is 4.79 Å². The van der Waals surface area contributed by atoms with E-state index < -0.39 is 6.10 Å². The number of hydrogen-bond donors (Lipinski definition) is 1. The second kappa shape index (κ2) is 7.71. The van der Waals surface area contributed by atoms with Crippen molar-refractivity contribution in [2.45, 2.75) is 19.4 Å². The molecule has 1 atom stereocenters. The fourth-order valence-electron chi connectivity index (χ4n) is 2.69. The molecule has 0 heterocycles. The number of amides is 1. The van der Waals surface area contributed by atoms with E-state index in [0.717, 1.165) is 10.8 Å². The van der Waals surface area contributed by atoms with Gasteiger partial charge in [0.25, 0.3) is 5.91 Å². The zero-order valence-electron chi connectivity index (χ0n) is 14.4. The van der Waals surface area contributed by atoms with Gasteiger partial charge in [0.15, 0.2) is 6.10 Å². The third kappa shape index (κ3) is 3.91. The van der Waals surface area contributed by atoms with Gasteiger partial charge in [0, 0.05) is 0 Å². The smallest absolute Gasteiger partial charge is 0.265 e. The van der Waals surface area contributed by atoms with Gasteiger partial charge in [0.2, 0.25) is 0 Å². The Bertz CT molecular complexity index is 876. The minimum atomic E-state index is -0.578. The van der Waals surface area contributed by atoms with E-state index in [1.165, 1.54) is 0 Å². The van der Waals surface area contributed by atoms with E-state index in [9.17, 15) is 4.79 Å². The van der Waals surface area contributed by atoms with Gasteiger partial charge in [0.1, 0.15) is 11.5 Å². The van der Waals surface area contributed by atoms with Crippen LogP contribution in [0.15, 0.2) is 66.7 Å². The van der Waals surface area contributed by atoms with Crippen LogP contribution in [-0.4, -0.2) is 19.1 Å². The maximum absolute atomic E-state index is 12.6. The highest BCUT2D eigenvalue weighted by Gasteiger charge is 2.19. The second-order valence-corrected chi connectivity index (χ2v) is 5.71. The van der Waals surface area contributed by atoms with Crippen LogP contribution in [0.3, 0.4) is 0 Å². The normalized spacial score (nSPS) is 11.8. The lowest BCUT2D eigenvalue weighted by Crippen LogP contribution is -2.32. The summed E-state index contributed by atoms with van der Waals surface area (Å²) in [7, 11) is 1.58. The molecule has 0 aliphatic heterocycles. The van der Waals surface area contributed by atoms with Crippen LogP contribution < -0.4 is 14.8 Å². The van der Waals surface area contributed by atoms with Crippen molar-refractivity contribution in [3.8, 4) is 11.5 Å².